The minimum absolute atomic E-state index is 0.181. The van der Waals surface area contributed by atoms with Gasteiger partial charge in [-0.25, -0.2) is 0 Å². The first-order chi connectivity index (χ1) is 5.00. The fourth-order valence-electron chi connectivity index (χ4n) is 1.44. The minimum Gasteiger partial charge on any atom is -0.481 e. The molecular formula is C9H18O2. The Bertz CT molecular complexity index is 130. The fourth-order valence-corrected chi connectivity index (χ4v) is 1.44. The molecule has 66 valence electrons. The molecule has 0 radical (unpaired) electrons. The third kappa shape index (κ3) is 2.91. The van der Waals surface area contributed by atoms with Gasteiger partial charge in [-0.05, 0) is 11.8 Å². The molecule has 1 N–H and O–H groups in total. The Kier molecular flexibility index (Phi) is 4.16. The number of carboxylic acids is 1. The average Bonchev–Trinajstić information content (AvgIpc) is 1.85. The van der Waals surface area contributed by atoms with E-state index in [1.807, 2.05) is 27.7 Å². The molecule has 0 aliphatic carbocycles. The van der Waals surface area contributed by atoms with E-state index >= 15 is 0 Å². The molecule has 0 spiro atoms. The fraction of sp³-hybridized carbons (Fsp3) is 0.889. The van der Waals surface area contributed by atoms with E-state index in [2.05, 4.69) is 0 Å². The third-order valence-corrected chi connectivity index (χ3v) is 2.26. The average molecular weight is 158 g/mol. The van der Waals surface area contributed by atoms with Gasteiger partial charge in [-0.15, -0.1) is 0 Å². The summed E-state index contributed by atoms with van der Waals surface area (Å²) in [6.45, 7) is 7.96. The summed E-state index contributed by atoms with van der Waals surface area (Å²) < 4.78 is 0. The maximum absolute atomic E-state index is 10.7. The lowest BCUT2D eigenvalue weighted by Gasteiger charge is -2.21. The van der Waals surface area contributed by atoms with E-state index in [1.165, 1.54) is 0 Å². The lowest BCUT2D eigenvalue weighted by molar-refractivity contribution is -0.145. The second kappa shape index (κ2) is 4.37. The zero-order valence-corrected chi connectivity index (χ0v) is 7.79. The summed E-state index contributed by atoms with van der Waals surface area (Å²) in [4.78, 5) is 10.7. The van der Waals surface area contributed by atoms with Crippen LogP contribution in [0.5, 0.6) is 0 Å². The highest BCUT2D eigenvalue weighted by Gasteiger charge is 2.26. The van der Waals surface area contributed by atoms with E-state index < -0.39 is 5.97 Å². The van der Waals surface area contributed by atoms with Crippen molar-refractivity contribution in [1.29, 1.82) is 0 Å². The van der Waals surface area contributed by atoms with E-state index in [4.69, 9.17) is 5.11 Å². The van der Waals surface area contributed by atoms with Gasteiger partial charge in [0.2, 0.25) is 0 Å². The van der Waals surface area contributed by atoms with Crippen LogP contribution in [-0.4, -0.2) is 11.1 Å². The van der Waals surface area contributed by atoms with Crippen LogP contribution in [0.3, 0.4) is 0 Å². The van der Waals surface area contributed by atoms with Gasteiger partial charge in [0.05, 0.1) is 5.92 Å². The zero-order valence-electron chi connectivity index (χ0n) is 7.79. The Morgan fingerprint density at radius 3 is 1.91 bits per heavy atom. The van der Waals surface area contributed by atoms with Crippen LogP contribution in [0.2, 0.25) is 0 Å². The molecule has 0 aliphatic rings. The van der Waals surface area contributed by atoms with Crippen LogP contribution in [0.25, 0.3) is 0 Å². The van der Waals surface area contributed by atoms with Crippen molar-refractivity contribution in [3.63, 3.8) is 0 Å². The van der Waals surface area contributed by atoms with Gasteiger partial charge in [-0.2, -0.15) is 0 Å². The molecule has 0 bridgehead atoms. The first-order valence-electron chi connectivity index (χ1n) is 4.23. The molecule has 0 aliphatic heterocycles. The van der Waals surface area contributed by atoms with Gasteiger partial charge in [0.1, 0.15) is 0 Å². The smallest absolute Gasteiger partial charge is 0.307 e. The molecule has 0 aromatic heterocycles. The predicted molar refractivity (Wildman–Crippen MR) is 45.4 cm³/mol. The summed E-state index contributed by atoms with van der Waals surface area (Å²) in [6.07, 6.45) is 0.940. The van der Waals surface area contributed by atoms with Crippen molar-refractivity contribution in [2.45, 2.75) is 34.1 Å². The Hall–Kier alpha value is -0.530. The summed E-state index contributed by atoms with van der Waals surface area (Å²) >= 11 is 0. The number of carbonyl (C=O) groups is 1. The van der Waals surface area contributed by atoms with Gasteiger partial charge in [0, 0.05) is 0 Å². The molecule has 0 saturated heterocycles. The minimum atomic E-state index is -0.658. The van der Waals surface area contributed by atoms with Gasteiger partial charge >= 0.3 is 5.97 Å². The van der Waals surface area contributed by atoms with E-state index in [0.29, 0.717) is 0 Å². The van der Waals surface area contributed by atoms with Crippen LogP contribution < -0.4 is 0 Å². The molecule has 2 atom stereocenters. The molecule has 0 fully saturated rings. The number of hydrogen-bond donors (Lipinski definition) is 1. The highest BCUT2D eigenvalue weighted by atomic mass is 16.4. The lowest BCUT2D eigenvalue weighted by atomic mass is 9.83. The normalized spacial score (nSPS) is 16.5. The Balaban J connectivity index is 4.21. The first kappa shape index (κ1) is 10.5. The Morgan fingerprint density at radius 2 is 1.82 bits per heavy atom. The molecule has 0 rings (SSSR count). The third-order valence-electron chi connectivity index (χ3n) is 2.26. The molecule has 0 aromatic rings. The second-order valence-electron chi connectivity index (χ2n) is 3.49. The van der Waals surface area contributed by atoms with Gasteiger partial charge in [-0.3, -0.25) is 4.79 Å². The maximum Gasteiger partial charge on any atom is 0.307 e. The van der Waals surface area contributed by atoms with Crippen molar-refractivity contribution >= 4 is 5.97 Å². The predicted octanol–water partition coefficient (Wildman–Crippen LogP) is 2.39. The van der Waals surface area contributed by atoms with Crippen molar-refractivity contribution in [3.8, 4) is 0 Å². The second-order valence-corrected chi connectivity index (χ2v) is 3.49. The standard InChI is InChI=1S/C9H18O2/c1-5-7(4)8(6(2)3)9(10)11/h6-8H,5H2,1-4H3,(H,10,11)/t7-,8+/m0/s1. The van der Waals surface area contributed by atoms with Crippen molar-refractivity contribution in [3.05, 3.63) is 0 Å². The lowest BCUT2D eigenvalue weighted by Crippen LogP contribution is -2.26. The number of hydrogen-bond acceptors (Lipinski definition) is 1. The highest BCUT2D eigenvalue weighted by Crippen LogP contribution is 2.23. The molecule has 0 heterocycles. The van der Waals surface area contributed by atoms with Gasteiger partial charge in [0.15, 0.2) is 0 Å². The first-order valence-corrected chi connectivity index (χ1v) is 4.23. The van der Waals surface area contributed by atoms with Gasteiger partial charge < -0.3 is 5.11 Å². The summed E-state index contributed by atoms with van der Waals surface area (Å²) in [5.74, 6) is -0.315. The van der Waals surface area contributed by atoms with E-state index in [-0.39, 0.29) is 17.8 Å². The van der Waals surface area contributed by atoms with Crippen LogP contribution in [-0.2, 0) is 4.79 Å². The van der Waals surface area contributed by atoms with Crippen LogP contribution >= 0.6 is 0 Å². The van der Waals surface area contributed by atoms with Crippen LogP contribution in [0.4, 0.5) is 0 Å². The quantitative estimate of drug-likeness (QED) is 0.682. The molecule has 2 nitrogen and oxygen atoms in total. The number of aliphatic carboxylic acids is 1. The van der Waals surface area contributed by atoms with Gasteiger partial charge in [-0.1, -0.05) is 34.1 Å². The Labute approximate surface area is 68.6 Å². The zero-order chi connectivity index (χ0) is 9.02. The van der Waals surface area contributed by atoms with E-state index in [1.54, 1.807) is 0 Å². The Morgan fingerprint density at radius 1 is 1.36 bits per heavy atom. The summed E-state index contributed by atoms with van der Waals surface area (Å²) in [7, 11) is 0. The summed E-state index contributed by atoms with van der Waals surface area (Å²) in [5.41, 5.74) is 0. The van der Waals surface area contributed by atoms with Crippen molar-refractivity contribution < 1.29 is 9.90 Å². The summed E-state index contributed by atoms with van der Waals surface area (Å²) in [5, 5.41) is 8.85. The molecular weight excluding hydrogens is 140 g/mol. The number of rotatable bonds is 4. The molecule has 0 aromatic carbocycles. The molecule has 0 amide bonds. The maximum atomic E-state index is 10.7. The van der Waals surface area contributed by atoms with Crippen molar-refractivity contribution in [2.24, 2.45) is 17.8 Å². The molecule has 11 heavy (non-hydrogen) atoms. The van der Waals surface area contributed by atoms with E-state index in [0.717, 1.165) is 6.42 Å². The summed E-state index contributed by atoms with van der Waals surface area (Å²) in [6, 6.07) is 0. The largest absolute Gasteiger partial charge is 0.481 e. The van der Waals surface area contributed by atoms with Crippen LogP contribution in [0.15, 0.2) is 0 Å². The SMILES string of the molecule is CC[C@H](C)[C@H](C(=O)O)C(C)C. The van der Waals surface area contributed by atoms with E-state index in [9.17, 15) is 4.79 Å². The van der Waals surface area contributed by atoms with Crippen molar-refractivity contribution in [2.75, 3.05) is 0 Å². The van der Waals surface area contributed by atoms with Crippen LogP contribution in [0, 0.1) is 17.8 Å². The number of carboxylic acid groups (broad SMARTS) is 1. The molecule has 0 saturated carbocycles. The monoisotopic (exact) mass is 158 g/mol. The van der Waals surface area contributed by atoms with Gasteiger partial charge in [0.25, 0.3) is 0 Å². The van der Waals surface area contributed by atoms with Crippen LogP contribution in [0.1, 0.15) is 34.1 Å². The molecule has 0 unspecified atom stereocenters. The van der Waals surface area contributed by atoms with Crippen molar-refractivity contribution in [1.82, 2.24) is 0 Å². The highest BCUT2D eigenvalue weighted by molar-refractivity contribution is 5.70. The molecule has 2 heteroatoms. The topological polar surface area (TPSA) is 37.3 Å².